The molecular weight excluding hydrogens is 432 g/mol. The van der Waals surface area contributed by atoms with Crippen molar-refractivity contribution < 1.29 is 24.2 Å². The summed E-state index contributed by atoms with van der Waals surface area (Å²) in [5, 5.41) is 12.1. The highest BCUT2D eigenvalue weighted by molar-refractivity contribution is 5.82. The molecule has 180 valence electrons. The number of carbonyl (C=O) groups excluding carboxylic acids is 2. The Morgan fingerprint density at radius 1 is 1.03 bits per heavy atom. The molecule has 7 nitrogen and oxygen atoms in total. The largest absolute Gasteiger partial charge is 0.480 e. The number of fused-ring (bicyclic) bond motifs is 3. The number of carboxylic acid groups (broad SMARTS) is 1. The van der Waals surface area contributed by atoms with Crippen LogP contribution in [0.1, 0.15) is 56.1 Å². The minimum Gasteiger partial charge on any atom is -0.480 e. The van der Waals surface area contributed by atoms with Crippen molar-refractivity contribution in [2.24, 2.45) is 5.92 Å². The van der Waals surface area contributed by atoms with Crippen LogP contribution in [-0.4, -0.2) is 53.7 Å². The fourth-order valence-electron chi connectivity index (χ4n) is 5.34. The Labute approximate surface area is 200 Å². The van der Waals surface area contributed by atoms with Crippen molar-refractivity contribution >= 4 is 18.0 Å². The van der Waals surface area contributed by atoms with Crippen molar-refractivity contribution in [3.8, 4) is 11.1 Å². The second-order valence-corrected chi connectivity index (χ2v) is 9.18. The predicted molar refractivity (Wildman–Crippen MR) is 128 cm³/mol. The quantitative estimate of drug-likeness (QED) is 0.573. The number of aliphatic carboxylic acids is 1. The number of carbonyl (C=O) groups is 3. The maximum absolute atomic E-state index is 12.7. The summed E-state index contributed by atoms with van der Waals surface area (Å²) in [6, 6.07) is 16.3. The third-order valence-electron chi connectivity index (χ3n) is 6.92. The summed E-state index contributed by atoms with van der Waals surface area (Å²) in [7, 11) is 0. The molecule has 0 heterocycles. The molecule has 2 amide bonds. The highest BCUT2D eigenvalue weighted by Gasteiger charge is 2.33. The number of amides is 2. The van der Waals surface area contributed by atoms with Gasteiger partial charge in [0.05, 0.1) is 0 Å². The lowest BCUT2D eigenvalue weighted by atomic mass is 9.98. The fraction of sp³-hybridized carbons (Fsp3) is 0.444. The van der Waals surface area contributed by atoms with E-state index in [9.17, 15) is 14.4 Å². The van der Waals surface area contributed by atoms with E-state index < -0.39 is 12.1 Å². The van der Waals surface area contributed by atoms with Crippen molar-refractivity contribution in [1.29, 1.82) is 0 Å². The Morgan fingerprint density at radius 3 is 2.29 bits per heavy atom. The van der Waals surface area contributed by atoms with Gasteiger partial charge in [0.1, 0.15) is 13.2 Å². The van der Waals surface area contributed by atoms with E-state index in [0.29, 0.717) is 13.0 Å². The first-order chi connectivity index (χ1) is 16.5. The molecule has 0 bridgehead atoms. The summed E-state index contributed by atoms with van der Waals surface area (Å²) in [6.45, 7) is 2.30. The maximum Gasteiger partial charge on any atom is 0.407 e. The zero-order valence-corrected chi connectivity index (χ0v) is 19.5. The van der Waals surface area contributed by atoms with Crippen LogP contribution in [-0.2, 0) is 14.3 Å². The molecule has 1 fully saturated rings. The van der Waals surface area contributed by atoms with Gasteiger partial charge in [0, 0.05) is 24.9 Å². The van der Waals surface area contributed by atoms with Crippen molar-refractivity contribution in [2.75, 3.05) is 19.7 Å². The Kier molecular flexibility index (Phi) is 7.50. The minimum atomic E-state index is -1.01. The molecular formula is C27H32N2O5. The van der Waals surface area contributed by atoms with Crippen LogP contribution in [0.25, 0.3) is 11.1 Å². The third-order valence-corrected chi connectivity index (χ3v) is 6.92. The molecule has 2 aromatic rings. The molecule has 0 aromatic heterocycles. The summed E-state index contributed by atoms with van der Waals surface area (Å²) >= 11 is 0. The number of hydrogen-bond donors (Lipinski definition) is 2. The molecule has 0 saturated heterocycles. The van der Waals surface area contributed by atoms with Crippen LogP contribution in [0.4, 0.5) is 4.79 Å². The van der Waals surface area contributed by atoms with Crippen LogP contribution in [0.5, 0.6) is 0 Å². The monoisotopic (exact) mass is 464 g/mol. The SMILES string of the molecule is CCCN(CC(=O)O)C(=O)C[C@@H]1CCC[C@H]1NC(=O)OCC1c2ccccc2-c2ccccc21. The number of nitrogens with one attached hydrogen (secondary N) is 1. The topological polar surface area (TPSA) is 95.9 Å². The second kappa shape index (κ2) is 10.7. The molecule has 0 unspecified atom stereocenters. The normalized spacial score (nSPS) is 18.7. The Balaban J connectivity index is 1.34. The van der Waals surface area contributed by atoms with E-state index in [-0.39, 0.29) is 43.4 Å². The molecule has 34 heavy (non-hydrogen) atoms. The Morgan fingerprint density at radius 2 is 1.68 bits per heavy atom. The van der Waals surface area contributed by atoms with E-state index in [2.05, 4.69) is 29.6 Å². The van der Waals surface area contributed by atoms with Gasteiger partial charge in [0.2, 0.25) is 5.91 Å². The standard InChI is InChI=1S/C27H32N2O5/c1-2-14-29(16-26(31)32)25(30)15-18-8-7-13-24(18)28-27(33)34-17-23-21-11-5-3-9-19(21)20-10-4-6-12-22(20)23/h3-6,9-12,18,23-24H,2,7-8,13-17H2,1H3,(H,28,33)(H,31,32)/t18-,24+/m0/s1. The molecule has 1 saturated carbocycles. The van der Waals surface area contributed by atoms with Crippen molar-refractivity contribution in [2.45, 2.75) is 51.0 Å². The average molecular weight is 465 g/mol. The molecule has 0 radical (unpaired) electrons. The highest BCUT2D eigenvalue weighted by Crippen LogP contribution is 2.44. The zero-order chi connectivity index (χ0) is 24.1. The zero-order valence-electron chi connectivity index (χ0n) is 19.5. The summed E-state index contributed by atoms with van der Waals surface area (Å²) < 4.78 is 5.67. The number of rotatable bonds is 9. The summed E-state index contributed by atoms with van der Waals surface area (Å²) in [5.74, 6) is -1.20. The molecule has 4 rings (SSSR count). The maximum atomic E-state index is 12.7. The highest BCUT2D eigenvalue weighted by atomic mass is 16.5. The van der Waals surface area contributed by atoms with Gasteiger partial charge >= 0.3 is 12.1 Å². The summed E-state index contributed by atoms with van der Waals surface area (Å²) in [6.07, 6.45) is 3.00. The lowest BCUT2D eigenvalue weighted by Gasteiger charge is -2.25. The van der Waals surface area contributed by atoms with Crippen LogP contribution in [0.2, 0.25) is 0 Å². The molecule has 2 aromatic carbocycles. The molecule has 2 N–H and O–H groups in total. The molecule has 2 atom stereocenters. The Bertz CT molecular complexity index is 1010. The van der Waals surface area contributed by atoms with E-state index in [1.165, 1.54) is 16.0 Å². The molecule has 2 aliphatic rings. The number of ether oxygens (including phenoxy) is 1. The Hall–Kier alpha value is -3.35. The summed E-state index contributed by atoms with van der Waals surface area (Å²) in [4.78, 5) is 37.9. The number of benzene rings is 2. The van der Waals surface area contributed by atoms with Gasteiger partial charge in [-0.3, -0.25) is 9.59 Å². The van der Waals surface area contributed by atoms with Gasteiger partial charge in [-0.1, -0.05) is 61.9 Å². The van der Waals surface area contributed by atoms with Crippen molar-refractivity contribution in [3.63, 3.8) is 0 Å². The van der Waals surface area contributed by atoms with Gasteiger partial charge in [-0.15, -0.1) is 0 Å². The summed E-state index contributed by atoms with van der Waals surface area (Å²) in [5.41, 5.74) is 4.68. The van der Waals surface area contributed by atoms with Gasteiger partial charge in [-0.25, -0.2) is 4.79 Å². The van der Waals surface area contributed by atoms with E-state index in [1.807, 2.05) is 31.2 Å². The van der Waals surface area contributed by atoms with Crippen molar-refractivity contribution in [1.82, 2.24) is 10.2 Å². The number of hydrogen-bond acceptors (Lipinski definition) is 4. The van der Waals surface area contributed by atoms with E-state index in [0.717, 1.165) is 30.4 Å². The lowest BCUT2D eigenvalue weighted by Crippen LogP contribution is -2.42. The van der Waals surface area contributed by atoms with Crippen LogP contribution < -0.4 is 5.32 Å². The van der Waals surface area contributed by atoms with E-state index in [1.54, 1.807) is 0 Å². The number of nitrogens with zero attached hydrogens (tertiary/aromatic N) is 1. The first-order valence-corrected chi connectivity index (χ1v) is 12.1. The molecule has 0 spiro atoms. The number of alkyl carbamates (subject to hydrolysis) is 1. The van der Waals surface area contributed by atoms with Crippen LogP contribution in [0.15, 0.2) is 48.5 Å². The van der Waals surface area contributed by atoms with Crippen LogP contribution in [0.3, 0.4) is 0 Å². The number of carboxylic acids is 1. The van der Waals surface area contributed by atoms with Crippen LogP contribution in [0, 0.1) is 5.92 Å². The molecule has 7 heteroatoms. The molecule has 2 aliphatic carbocycles. The van der Waals surface area contributed by atoms with E-state index >= 15 is 0 Å². The van der Waals surface area contributed by atoms with Crippen molar-refractivity contribution in [3.05, 3.63) is 59.7 Å². The second-order valence-electron chi connectivity index (χ2n) is 9.18. The smallest absolute Gasteiger partial charge is 0.407 e. The average Bonchev–Trinajstić information content (AvgIpc) is 3.39. The first kappa shape index (κ1) is 23.8. The fourth-order valence-corrected chi connectivity index (χ4v) is 5.34. The lowest BCUT2D eigenvalue weighted by molar-refractivity contribution is -0.144. The minimum absolute atomic E-state index is 0.00211. The van der Waals surface area contributed by atoms with Gasteiger partial charge in [0.25, 0.3) is 0 Å². The van der Waals surface area contributed by atoms with Gasteiger partial charge < -0.3 is 20.1 Å². The van der Waals surface area contributed by atoms with Gasteiger partial charge in [-0.2, -0.15) is 0 Å². The van der Waals surface area contributed by atoms with Gasteiger partial charge in [0.15, 0.2) is 0 Å². The van der Waals surface area contributed by atoms with Gasteiger partial charge in [-0.05, 0) is 47.4 Å². The third kappa shape index (κ3) is 5.24. The van der Waals surface area contributed by atoms with Crippen LogP contribution >= 0.6 is 0 Å². The predicted octanol–water partition coefficient (Wildman–Crippen LogP) is 4.41. The van der Waals surface area contributed by atoms with E-state index in [4.69, 9.17) is 9.84 Å². The molecule has 0 aliphatic heterocycles. The first-order valence-electron chi connectivity index (χ1n) is 12.1.